The van der Waals surface area contributed by atoms with Gasteiger partial charge in [-0.1, -0.05) is 30.1 Å². The zero-order valence-corrected chi connectivity index (χ0v) is 7.51. The van der Waals surface area contributed by atoms with Crippen LogP contribution in [0.5, 0.6) is 5.75 Å². The molecule has 0 spiro atoms. The number of benzene rings is 1. The molecule has 1 aromatic rings. The first-order valence-electron chi connectivity index (χ1n) is 3.99. The van der Waals surface area contributed by atoms with Gasteiger partial charge in [0.15, 0.2) is 0 Å². The lowest BCUT2D eigenvalue weighted by atomic mass is 10.1. The molecule has 2 N–H and O–H groups in total. The molecule has 1 aliphatic heterocycles. The van der Waals surface area contributed by atoms with Crippen molar-refractivity contribution >= 4 is 11.9 Å². The molecular formula is C9H11NOS. The van der Waals surface area contributed by atoms with Crippen molar-refractivity contribution in [3.8, 4) is 5.75 Å². The molecule has 1 aliphatic rings. The average molecular weight is 181 g/mol. The monoisotopic (exact) mass is 181 g/mol. The predicted molar refractivity (Wildman–Crippen MR) is 51.1 cm³/mol. The van der Waals surface area contributed by atoms with Gasteiger partial charge in [0.2, 0.25) is 0 Å². The van der Waals surface area contributed by atoms with Gasteiger partial charge in [-0.2, -0.15) is 0 Å². The minimum absolute atomic E-state index is 0.412. The van der Waals surface area contributed by atoms with Crippen molar-refractivity contribution in [2.24, 2.45) is 5.14 Å². The normalized spacial score (nSPS) is 21.2. The van der Waals surface area contributed by atoms with Gasteiger partial charge >= 0.3 is 0 Å². The van der Waals surface area contributed by atoms with Gasteiger partial charge in [-0.25, -0.2) is 0 Å². The number of hydrogen-bond acceptors (Lipinski definition) is 3. The van der Waals surface area contributed by atoms with E-state index in [4.69, 9.17) is 9.88 Å². The summed E-state index contributed by atoms with van der Waals surface area (Å²) >= 11 is 1.41. The molecule has 0 aromatic heterocycles. The molecule has 1 atom stereocenters. The minimum Gasteiger partial charge on any atom is -0.493 e. The molecule has 0 aliphatic carbocycles. The summed E-state index contributed by atoms with van der Waals surface area (Å²) in [5.41, 5.74) is 1.23. The number of hydrogen-bond donors (Lipinski definition) is 1. The summed E-state index contributed by atoms with van der Waals surface area (Å²) in [6.07, 6.45) is 1.01. The second-order valence-electron chi connectivity index (χ2n) is 2.80. The molecule has 2 nitrogen and oxygen atoms in total. The van der Waals surface area contributed by atoms with Crippen molar-refractivity contribution in [2.75, 3.05) is 6.61 Å². The smallest absolute Gasteiger partial charge is 0.123 e. The number of fused-ring (bicyclic) bond motifs is 1. The van der Waals surface area contributed by atoms with Crippen molar-refractivity contribution < 1.29 is 4.74 Å². The summed E-state index contributed by atoms with van der Waals surface area (Å²) in [6, 6.07) is 8.09. The van der Waals surface area contributed by atoms with Gasteiger partial charge in [0.25, 0.3) is 0 Å². The SMILES string of the molecule is NSC1CCOc2ccccc21. The standard InChI is InChI=1S/C9H11NOS/c10-12-9-5-6-11-8-4-2-1-3-7(8)9/h1-4,9H,5-6,10H2. The highest BCUT2D eigenvalue weighted by Gasteiger charge is 2.19. The first-order chi connectivity index (χ1) is 5.92. The summed E-state index contributed by atoms with van der Waals surface area (Å²) in [4.78, 5) is 0. The van der Waals surface area contributed by atoms with Crippen molar-refractivity contribution in [1.29, 1.82) is 0 Å². The van der Waals surface area contributed by atoms with Gasteiger partial charge in [0, 0.05) is 5.56 Å². The second kappa shape index (κ2) is 3.37. The molecule has 1 heterocycles. The first-order valence-corrected chi connectivity index (χ1v) is 4.93. The Morgan fingerprint density at radius 2 is 2.25 bits per heavy atom. The van der Waals surface area contributed by atoms with Crippen LogP contribution in [0.15, 0.2) is 24.3 Å². The predicted octanol–water partition coefficient (Wildman–Crippen LogP) is 2.12. The maximum absolute atomic E-state index is 5.58. The Balaban J connectivity index is 2.37. The fraction of sp³-hybridized carbons (Fsp3) is 0.333. The van der Waals surface area contributed by atoms with Crippen molar-refractivity contribution in [2.45, 2.75) is 11.7 Å². The van der Waals surface area contributed by atoms with E-state index < -0.39 is 0 Å². The van der Waals surface area contributed by atoms with Crippen LogP contribution in [0.4, 0.5) is 0 Å². The maximum atomic E-state index is 5.58. The molecule has 3 heteroatoms. The van der Waals surface area contributed by atoms with E-state index in [1.165, 1.54) is 17.5 Å². The molecule has 2 rings (SSSR count). The zero-order valence-electron chi connectivity index (χ0n) is 6.69. The van der Waals surface area contributed by atoms with E-state index in [0.717, 1.165) is 18.8 Å². The van der Waals surface area contributed by atoms with Gasteiger partial charge in [-0.05, 0) is 12.5 Å². The molecule has 1 unspecified atom stereocenters. The lowest BCUT2D eigenvalue weighted by molar-refractivity contribution is 0.286. The van der Waals surface area contributed by atoms with Crippen LogP contribution in [0.2, 0.25) is 0 Å². The minimum atomic E-state index is 0.412. The van der Waals surface area contributed by atoms with Gasteiger partial charge in [0.1, 0.15) is 5.75 Å². The third-order valence-electron chi connectivity index (χ3n) is 2.07. The molecule has 0 saturated heterocycles. The Morgan fingerprint density at radius 1 is 1.42 bits per heavy atom. The summed E-state index contributed by atoms with van der Waals surface area (Å²) in [6.45, 7) is 0.784. The summed E-state index contributed by atoms with van der Waals surface area (Å²) in [7, 11) is 0. The molecule has 0 bridgehead atoms. The van der Waals surface area contributed by atoms with Crippen LogP contribution < -0.4 is 9.88 Å². The quantitative estimate of drug-likeness (QED) is 0.674. The average Bonchev–Trinajstić information content (AvgIpc) is 2.17. The molecule has 1 aromatic carbocycles. The molecule has 0 fully saturated rings. The van der Waals surface area contributed by atoms with Crippen LogP contribution in [-0.2, 0) is 0 Å². The van der Waals surface area contributed by atoms with Gasteiger partial charge in [-0.3, -0.25) is 5.14 Å². The van der Waals surface area contributed by atoms with Gasteiger partial charge in [-0.15, -0.1) is 0 Å². The van der Waals surface area contributed by atoms with Crippen LogP contribution in [0.25, 0.3) is 0 Å². The summed E-state index contributed by atoms with van der Waals surface area (Å²) in [5.74, 6) is 0.992. The third kappa shape index (κ3) is 1.30. The number of rotatable bonds is 1. The van der Waals surface area contributed by atoms with E-state index in [-0.39, 0.29) is 0 Å². The lowest BCUT2D eigenvalue weighted by Crippen LogP contribution is -2.12. The van der Waals surface area contributed by atoms with Crippen molar-refractivity contribution in [3.05, 3.63) is 29.8 Å². The summed E-state index contributed by atoms with van der Waals surface area (Å²) < 4.78 is 5.49. The van der Waals surface area contributed by atoms with Crippen LogP contribution in [0.1, 0.15) is 17.2 Å². The lowest BCUT2D eigenvalue weighted by Gasteiger charge is -2.23. The molecule has 0 radical (unpaired) electrons. The second-order valence-corrected chi connectivity index (χ2v) is 3.64. The van der Waals surface area contributed by atoms with Crippen molar-refractivity contribution in [1.82, 2.24) is 0 Å². The van der Waals surface area contributed by atoms with E-state index in [1.807, 2.05) is 18.2 Å². The van der Waals surface area contributed by atoms with E-state index in [1.54, 1.807) is 0 Å². The highest BCUT2D eigenvalue weighted by molar-refractivity contribution is 7.97. The van der Waals surface area contributed by atoms with Crippen molar-refractivity contribution in [3.63, 3.8) is 0 Å². The van der Waals surface area contributed by atoms with E-state index >= 15 is 0 Å². The van der Waals surface area contributed by atoms with E-state index in [0.29, 0.717) is 5.25 Å². The number of nitrogens with two attached hydrogens (primary N) is 1. The molecule has 12 heavy (non-hydrogen) atoms. The van der Waals surface area contributed by atoms with Crippen LogP contribution in [0, 0.1) is 0 Å². The fourth-order valence-corrected chi connectivity index (χ4v) is 2.02. The van der Waals surface area contributed by atoms with Gasteiger partial charge < -0.3 is 4.74 Å². The Bertz CT molecular complexity index is 277. The summed E-state index contributed by atoms with van der Waals surface area (Å²) in [5, 5.41) is 5.99. The van der Waals surface area contributed by atoms with Crippen LogP contribution in [0.3, 0.4) is 0 Å². The van der Waals surface area contributed by atoms with E-state index in [9.17, 15) is 0 Å². The largest absolute Gasteiger partial charge is 0.493 e. The number of para-hydroxylation sites is 1. The molecule has 0 saturated carbocycles. The van der Waals surface area contributed by atoms with Crippen LogP contribution >= 0.6 is 11.9 Å². The van der Waals surface area contributed by atoms with Gasteiger partial charge in [0.05, 0.1) is 11.9 Å². The zero-order chi connectivity index (χ0) is 8.39. The van der Waals surface area contributed by atoms with E-state index in [2.05, 4.69) is 6.07 Å². The van der Waals surface area contributed by atoms with Crippen LogP contribution in [-0.4, -0.2) is 6.61 Å². The molecular weight excluding hydrogens is 170 g/mol. The highest BCUT2D eigenvalue weighted by atomic mass is 32.2. The number of ether oxygens (including phenoxy) is 1. The maximum Gasteiger partial charge on any atom is 0.123 e. The Labute approximate surface area is 76.2 Å². The first kappa shape index (κ1) is 7.95. The molecule has 64 valence electrons. The highest BCUT2D eigenvalue weighted by Crippen LogP contribution is 2.37. The Morgan fingerprint density at radius 3 is 3.08 bits per heavy atom. The topological polar surface area (TPSA) is 35.2 Å². The Hall–Kier alpha value is -0.670. The Kier molecular flexibility index (Phi) is 2.23. The third-order valence-corrected chi connectivity index (χ3v) is 2.89. The fourth-order valence-electron chi connectivity index (χ4n) is 1.45. The molecule has 0 amide bonds.